The van der Waals surface area contributed by atoms with E-state index >= 15 is 0 Å². The van der Waals surface area contributed by atoms with Gasteiger partial charge in [0.2, 0.25) is 5.88 Å². The van der Waals surface area contributed by atoms with E-state index < -0.39 is 0 Å². The molecule has 0 saturated carbocycles. The van der Waals surface area contributed by atoms with E-state index in [1.165, 1.54) is 0 Å². The van der Waals surface area contributed by atoms with Crippen LogP contribution in [0.25, 0.3) is 0 Å². The molecular formula is C11H16ClNOS. The molecule has 2 nitrogen and oxygen atoms in total. The summed E-state index contributed by atoms with van der Waals surface area (Å²) in [5.74, 6) is 4.00. The molecule has 0 bridgehead atoms. The minimum atomic E-state index is 0.555. The number of nitrogens with zero attached hydrogens (tertiary/aromatic N) is 1. The third kappa shape index (κ3) is 4.31. The van der Waals surface area contributed by atoms with Gasteiger partial charge in [-0.05, 0) is 17.7 Å². The van der Waals surface area contributed by atoms with Gasteiger partial charge in [0, 0.05) is 23.4 Å². The number of rotatable bonds is 6. The highest BCUT2D eigenvalue weighted by atomic mass is 35.5. The Morgan fingerprint density at radius 3 is 3.07 bits per heavy atom. The predicted molar refractivity (Wildman–Crippen MR) is 66.8 cm³/mol. The lowest BCUT2D eigenvalue weighted by atomic mass is 10.3. The SMILES string of the molecule is COc1ncccc1CSCC(C)CCl. The molecule has 0 radical (unpaired) electrons. The summed E-state index contributed by atoms with van der Waals surface area (Å²) in [5, 5.41) is 0. The number of hydrogen-bond acceptors (Lipinski definition) is 3. The molecule has 0 amide bonds. The van der Waals surface area contributed by atoms with Crippen LogP contribution in [-0.2, 0) is 5.75 Å². The Labute approximate surface area is 100 Å². The highest BCUT2D eigenvalue weighted by Crippen LogP contribution is 2.21. The van der Waals surface area contributed by atoms with Crippen LogP contribution in [0, 0.1) is 5.92 Å². The Hall–Kier alpha value is -0.410. The van der Waals surface area contributed by atoms with Gasteiger partial charge >= 0.3 is 0 Å². The molecule has 15 heavy (non-hydrogen) atoms. The molecule has 0 aromatic carbocycles. The second-order valence-electron chi connectivity index (χ2n) is 3.45. The van der Waals surface area contributed by atoms with Gasteiger partial charge < -0.3 is 4.74 Å². The average molecular weight is 246 g/mol. The second kappa shape index (κ2) is 6.96. The van der Waals surface area contributed by atoms with Crippen LogP contribution in [0.5, 0.6) is 5.88 Å². The molecule has 1 rings (SSSR count). The molecule has 4 heteroatoms. The largest absolute Gasteiger partial charge is 0.481 e. The smallest absolute Gasteiger partial charge is 0.217 e. The maximum absolute atomic E-state index is 5.74. The summed E-state index contributed by atoms with van der Waals surface area (Å²) in [5.41, 5.74) is 1.15. The normalized spacial score (nSPS) is 12.5. The van der Waals surface area contributed by atoms with Gasteiger partial charge in [-0.25, -0.2) is 4.98 Å². The number of halogens is 1. The quantitative estimate of drug-likeness (QED) is 0.719. The van der Waals surface area contributed by atoms with E-state index in [2.05, 4.69) is 11.9 Å². The lowest BCUT2D eigenvalue weighted by Gasteiger charge is -2.08. The molecule has 1 heterocycles. The van der Waals surface area contributed by atoms with Crippen molar-refractivity contribution in [3.63, 3.8) is 0 Å². The first kappa shape index (κ1) is 12.7. The van der Waals surface area contributed by atoms with Crippen LogP contribution in [-0.4, -0.2) is 23.7 Å². The van der Waals surface area contributed by atoms with Crippen molar-refractivity contribution in [2.75, 3.05) is 18.7 Å². The summed E-state index contributed by atoms with van der Waals surface area (Å²) in [6.45, 7) is 2.15. The van der Waals surface area contributed by atoms with Crippen LogP contribution in [0.4, 0.5) is 0 Å². The van der Waals surface area contributed by atoms with Gasteiger partial charge in [-0.1, -0.05) is 13.0 Å². The molecule has 1 atom stereocenters. The van der Waals surface area contributed by atoms with E-state index in [0.717, 1.165) is 28.8 Å². The zero-order valence-corrected chi connectivity index (χ0v) is 10.6. The van der Waals surface area contributed by atoms with Gasteiger partial charge in [-0.2, -0.15) is 11.8 Å². The Morgan fingerprint density at radius 1 is 1.60 bits per heavy atom. The van der Waals surface area contributed by atoms with Gasteiger partial charge in [0.25, 0.3) is 0 Å². The van der Waals surface area contributed by atoms with Crippen LogP contribution in [0.15, 0.2) is 18.3 Å². The van der Waals surface area contributed by atoms with E-state index in [4.69, 9.17) is 16.3 Å². The Morgan fingerprint density at radius 2 is 2.40 bits per heavy atom. The van der Waals surface area contributed by atoms with Gasteiger partial charge in [0.1, 0.15) is 0 Å². The first-order chi connectivity index (χ1) is 7.27. The minimum Gasteiger partial charge on any atom is -0.481 e. The molecule has 0 aliphatic rings. The average Bonchev–Trinajstić information content (AvgIpc) is 2.29. The Bertz CT molecular complexity index is 296. The number of methoxy groups -OCH3 is 1. The fourth-order valence-corrected chi connectivity index (χ4v) is 2.45. The van der Waals surface area contributed by atoms with Crippen LogP contribution in [0.3, 0.4) is 0 Å². The lowest BCUT2D eigenvalue weighted by Crippen LogP contribution is -2.00. The number of pyridine rings is 1. The van der Waals surface area contributed by atoms with Crippen LogP contribution >= 0.6 is 23.4 Å². The van der Waals surface area contributed by atoms with Gasteiger partial charge in [-0.3, -0.25) is 0 Å². The van der Waals surface area contributed by atoms with Crippen LogP contribution < -0.4 is 4.74 Å². The number of ether oxygens (including phenoxy) is 1. The van der Waals surface area contributed by atoms with Crippen LogP contribution in [0.1, 0.15) is 12.5 Å². The van der Waals surface area contributed by atoms with Crippen molar-refractivity contribution < 1.29 is 4.74 Å². The zero-order chi connectivity index (χ0) is 11.1. The van der Waals surface area contributed by atoms with Gasteiger partial charge in [-0.15, -0.1) is 11.6 Å². The standard InChI is InChI=1S/C11H16ClNOS/c1-9(6-12)7-15-8-10-4-3-5-13-11(10)14-2/h3-5,9H,6-8H2,1-2H3. The van der Waals surface area contributed by atoms with Crippen molar-refractivity contribution in [3.05, 3.63) is 23.9 Å². The van der Waals surface area contributed by atoms with E-state index in [1.54, 1.807) is 13.3 Å². The Kier molecular flexibility index (Phi) is 5.88. The summed E-state index contributed by atoms with van der Waals surface area (Å²) in [6, 6.07) is 3.98. The van der Waals surface area contributed by atoms with Crippen molar-refractivity contribution >= 4 is 23.4 Å². The molecule has 0 saturated heterocycles. The van der Waals surface area contributed by atoms with Crippen molar-refractivity contribution in [2.45, 2.75) is 12.7 Å². The van der Waals surface area contributed by atoms with Crippen molar-refractivity contribution in [3.8, 4) is 5.88 Å². The molecule has 1 aromatic heterocycles. The maximum Gasteiger partial charge on any atom is 0.217 e. The molecular weight excluding hydrogens is 230 g/mol. The maximum atomic E-state index is 5.74. The molecule has 0 fully saturated rings. The summed E-state index contributed by atoms with van der Waals surface area (Å²) in [7, 11) is 1.65. The van der Waals surface area contributed by atoms with Gasteiger partial charge in [0.05, 0.1) is 7.11 Å². The number of hydrogen-bond donors (Lipinski definition) is 0. The highest BCUT2D eigenvalue weighted by molar-refractivity contribution is 7.98. The molecule has 1 unspecified atom stereocenters. The third-order valence-electron chi connectivity index (χ3n) is 1.97. The Balaban J connectivity index is 2.43. The molecule has 0 N–H and O–H groups in total. The van der Waals surface area contributed by atoms with E-state index in [1.807, 2.05) is 23.9 Å². The molecule has 84 valence electrons. The van der Waals surface area contributed by atoms with Crippen molar-refractivity contribution in [1.29, 1.82) is 0 Å². The lowest BCUT2D eigenvalue weighted by molar-refractivity contribution is 0.394. The number of alkyl halides is 1. The fraction of sp³-hybridized carbons (Fsp3) is 0.545. The zero-order valence-electron chi connectivity index (χ0n) is 9.07. The first-order valence-corrected chi connectivity index (χ1v) is 6.58. The molecule has 0 aliphatic carbocycles. The van der Waals surface area contributed by atoms with Crippen LogP contribution in [0.2, 0.25) is 0 Å². The fourth-order valence-electron chi connectivity index (χ4n) is 1.13. The van der Waals surface area contributed by atoms with Crippen molar-refractivity contribution in [2.24, 2.45) is 5.92 Å². The second-order valence-corrected chi connectivity index (χ2v) is 4.79. The topological polar surface area (TPSA) is 22.1 Å². The number of thioether (sulfide) groups is 1. The monoisotopic (exact) mass is 245 g/mol. The summed E-state index contributed by atoms with van der Waals surface area (Å²) in [4.78, 5) is 4.15. The van der Waals surface area contributed by atoms with Crippen molar-refractivity contribution in [1.82, 2.24) is 4.98 Å². The minimum absolute atomic E-state index is 0.555. The summed E-state index contributed by atoms with van der Waals surface area (Å²) in [6.07, 6.45) is 1.74. The van der Waals surface area contributed by atoms with E-state index in [9.17, 15) is 0 Å². The number of aromatic nitrogens is 1. The van der Waals surface area contributed by atoms with E-state index in [0.29, 0.717) is 5.92 Å². The first-order valence-electron chi connectivity index (χ1n) is 4.89. The predicted octanol–water partition coefficient (Wildman–Crippen LogP) is 3.20. The van der Waals surface area contributed by atoms with E-state index in [-0.39, 0.29) is 0 Å². The summed E-state index contributed by atoms with van der Waals surface area (Å²) >= 11 is 7.61. The molecule has 1 aromatic rings. The molecule has 0 aliphatic heterocycles. The molecule has 0 spiro atoms. The van der Waals surface area contributed by atoms with Gasteiger partial charge in [0.15, 0.2) is 0 Å². The third-order valence-corrected chi connectivity index (χ3v) is 3.81. The summed E-state index contributed by atoms with van der Waals surface area (Å²) < 4.78 is 5.18. The highest BCUT2D eigenvalue weighted by Gasteiger charge is 2.05.